The van der Waals surface area contributed by atoms with Crippen molar-refractivity contribution in [2.45, 2.75) is 4.90 Å². The Hall–Kier alpha value is -3.48. The Morgan fingerprint density at radius 3 is 2.18 bits per heavy atom. The zero-order valence-electron chi connectivity index (χ0n) is 18.0. The molecule has 0 fully saturated rings. The molecule has 4 aromatic carbocycles. The molecule has 0 radical (unpaired) electrons. The maximum atomic E-state index is 13.7. The van der Waals surface area contributed by atoms with Gasteiger partial charge >= 0.3 is 0 Å². The van der Waals surface area contributed by atoms with Crippen molar-refractivity contribution in [3.05, 3.63) is 95.2 Å². The molecule has 0 bridgehead atoms. The first-order valence-corrected chi connectivity index (χ1v) is 13.0. The summed E-state index contributed by atoms with van der Waals surface area (Å²) in [5.74, 6) is 0.777. The predicted molar refractivity (Wildman–Crippen MR) is 136 cm³/mol. The number of hydrogen-bond acceptors (Lipinski definition) is 5. The first kappa shape index (κ1) is 21.4. The van der Waals surface area contributed by atoms with Crippen LogP contribution in [0.3, 0.4) is 0 Å². The summed E-state index contributed by atoms with van der Waals surface area (Å²) in [7, 11) is -1.67. The van der Waals surface area contributed by atoms with Gasteiger partial charge in [-0.25, -0.2) is 8.42 Å². The topological polar surface area (TPSA) is 60.4 Å². The van der Waals surface area contributed by atoms with Crippen molar-refractivity contribution in [3.63, 3.8) is 0 Å². The first-order valence-electron chi connectivity index (χ1n) is 10.3. The Balaban J connectivity index is 1.78. The molecule has 0 unspecified atom stereocenters. The highest BCUT2D eigenvalue weighted by Crippen LogP contribution is 2.38. The molecular weight excluding hydrogens is 452 g/mol. The molecule has 1 aromatic heterocycles. The molecular formula is C27H20O4S2. The SMILES string of the molecule is COc1ccc2cc(-c3c(-c4ccc(S(C)(=O)=O)cc4)sc4ccccc4c3=O)ccc2c1. The highest BCUT2D eigenvalue weighted by molar-refractivity contribution is 7.90. The molecule has 0 atom stereocenters. The van der Waals surface area contributed by atoms with Crippen LogP contribution in [-0.2, 0) is 9.84 Å². The van der Waals surface area contributed by atoms with Crippen molar-refractivity contribution in [1.29, 1.82) is 0 Å². The summed E-state index contributed by atoms with van der Waals surface area (Å²) < 4.78 is 30.0. The summed E-state index contributed by atoms with van der Waals surface area (Å²) >= 11 is 1.53. The fourth-order valence-electron chi connectivity index (χ4n) is 3.97. The Kier molecular flexibility index (Phi) is 5.27. The highest BCUT2D eigenvalue weighted by atomic mass is 32.2. The average molecular weight is 473 g/mol. The van der Waals surface area contributed by atoms with Crippen LogP contribution >= 0.6 is 11.3 Å². The minimum atomic E-state index is -3.31. The Labute approximate surface area is 195 Å². The molecule has 0 aliphatic rings. The summed E-state index contributed by atoms with van der Waals surface area (Å²) in [6.07, 6.45) is 1.19. The van der Waals surface area contributed by atoms with Crippen LogP contribution in [0.2, 0.25) is 0 Å². The van der Waals surface area contributed by atoms with Gasteiger partial charge in [-0.3, -0.25) is 4.79 Å². The third-order valence-corrected chi connectivity index (χ3v) is 8.03. The van der Waals surface area contributed by atoms with Crippen molar-refractivity contribution in [2.75, 3.05) is 13.4 Å². The van der Waals surface area contributed by atoms with Gasteiger partial charge in [0.15, 0.2) is 15.3 Å². The van der Waals surface area contributed by atoms with E-state index in [1.807, 2.05) is 60.7 Å². The van der Waals surface area contributed by atoms with Crippen molar-refractivity contribution in [3.8, 4) is 27.3 Å². The summed E-state index contributed by atoms with van der Waals surface area (Å²) in [4.78, 5) is 14.7. The number of sulfone groups is 1. The van der Waals surface area contributed by atoms with Crippen LogP contribution in [0.25, 0.3) is 42.4 Å². The summed E-state index contributed by atoms with van der Waals surface area (Å²) in [6, 6.07) is 26.1. The van der Waals surface area contributed by atoms with E-state index in [9.17, 15) is 13.2 Å². The molecule has 0 aliphatic heterocycles. The van der Waals surface area contributed by atoms with Gasteiger partial charge in [0.1, 0.15) is 5.75 Å². The Bertz CT molecular complexity index is 1680. The van der Waals surface area contributed by atoms with Gasteiger partial charge in [0.2, 0.25) is 0 Å². The number of fused-ring (bicyclic) bond motifs is 2. The van der Waals surface area contributed by atoms with Crippen LogP contribution in [0.4, 0.5) is 0 Å². The van der Waals surface area contributed by atoms with Crippen molar-refractivity contribution in [2.24, 2.45) is 0 Å². The molecule has 0 saturated carbocycles. The molecule has 5 rings (SSSR count). The van der Waals surface area contributed by atoms with Crippen molar-refractivity contribution >= 4 is 42.0 Å². The van der Waals surface area contributed by atoms with Gasteiger partial charge in [-0.15, -0.1) is 11.3 Å². The maximum absolute atomic E-state index is 13.7. The third kappa shape index (κ3) is 3.92. The lowest BCUT2D eigenvalue weighted by Gasteiger charge is -2.12. The summed E-state index contributed by atoms with van der Waals surface area (Å²) in [5, 5.41) is 2.70. The van der Waals surface area contributed by atoms with Crippen LogP contribution < -0.4 is 10.2 Å². The lowest BCUT2D eigenvalue weighted by atomic mass is 9.97. The number of methoxy groups -OCH3 is 1. The predicted octanol–water partition coefficient (Wildman–Crippen LogP) is 6.16. The van der Waals surface area contributed by atoms with Crippen LogP contribution in [0.1, 0.15) is 0 Å². The maximum Gasteiger partial charge on any atom is 0.196 e. The standard InChI is InChI=1S/C27H20O4S2/c1-31-21-12-9-18-15-20(8-7-19(18)16-21)25-26(28)23-5-3-4-6-24(23)32-27(25)17-10-13-22(14-11-17)33(2,29)30/h3-16H,1-2H3. The number of benzene rings is 4. The van der Waals surface area contributed by atoms with Crippen molar-refractivity contribution < 1.29 is 13.2 Å². The van der Waals surface area contributed by atoms with E-state index in [0.29, 0.717) is 10.9 Å². The van der Waals surface area contributed by atoms with Gasteiger partial charge in [-0.1, -0.05) is 42.5 Å². The first-order chi connectivity index (χ1) is 15.8. The number of hydrogen-bond donors (Lipinski definition) is 0. The molecule has 4 nitrogen and oxygen atoms in total. The second kappa shape index (κ2) is 8.14. The molecule has 164 valence electrons. The lowest BCUT2D eigenvalue weighted by Crippen LogP contribution is -2.06. The van der Waals surface area contributed by atoms with Crippen LogP contribution in [0.5, 0.6) is 5.75 Å². The molecule has 6 heteroatoms. The normalized spacial score (nSPS) is 11.7. The second-order valence-corrected chi connectivity index (χ2v) is 10.9. The summed E-state index contributed by atoms with van der Waals surface area (Å²) in [6.45, 7) is 0. The second-order valence-electron chi connectivity index (χ2n) is 7.86. The monoisotopic (exact) mass is 472 g/mol. The van der Waals surface area contributed by atoms with E-state index in [0.717, 1.165) is 37.2 Å². The van der Waals surface area contributed by atoms with Crippen LogP contribution in [0, 0.1) is 0 Å². The summed E-state index contributed by atoms with van der Waals surface area (Å²) in [5.41, 5.74) is 2.20. The number of rotatable bonds is 4. The third-order valence-electron chi connectivity index (χ3n) is 5.68. The van der Waals surface area contributed by atoms with Crippen LogP contribution in [-0.4, -0.2) is 21.8 Å². The lowest BCUT2D eigenvalue weighted by molar-refractivity contribution is 0.415. The number of ether oxygens (including phenoxy) is 1. The Morgan fingerprint density at radius 1 is 0.788 bits per heavy atom. The van der Waals surface area contributed by atoms with Gasteiger partial charge in [0, 0.05) is 26.8 Å². The zero-order valence-corrected chi connectivity index (χ0v) is 19.7. The minimum absolute atomic E-state index is 0.0422. The van der Waals surface area contributed by atoms with E-state index in [1.54, 1.807) is 31.4 Å². The quantitative estimate of drug-likeness (QED) is 0.314. The van der Waals surface area contributed by atoms with Crippen molar-refractivity contribution in [1.82, 2.24) is 0 Å². The molecule has 1 heterocycles. The Morgan fingerprint density at radius 2 is 1.45 bits per heavy atom. The molecule has 0 aliphatic carbocycles. The zero-order chi connectivity index (χ0) is 23.2. The molecule has 0 spiro atoms. The van der Waals surface area contributed by atoms with E-state index < -0.39 is 9.84 Å². The fraction of sp³-hybridized carbons (Fsp3) is 0.0741. The van der Waals surface area contributed by atoms with E-state index in [4.69, 9.17) is 4.74 Å². The van der Waals surface area contributed by atoms with Crippen LogP contribution in [0.15, 0.2) is 94.6 Å². The largest absolute Gasteiger partial charge is 0.497 e. The highest BCUT2D eigenvalue weighted by Gasteiger charge is 2.17. The van der Waals surface area contributed by atoms with Gasteiger partial charge in [-0.2, -0.15) is 0 Å². The molecule has 33 heavy (non-hydrogen) atoms. The van der Waals surface area contributed by atoms with Gasteiger partial charge < -0.3 is 4.74 Å². The van der Waals surface area contributed by atoms with Gasteiger partial charge in [0.25, 0.3) is 0 Å². The molecule has 0 saturated heterocycles. The van der Waals surface area contributed by atoms with E-state index >= 15 is 0 Å². The van der Waals surface area contributed by atoms with E-state index in [1.165, 1.54) is 17.6 Å². The van der Waals surface area contributed by atoms with Gasteiger partial charge in [-0.05, 0) is 64.4 Å². The average Bonchev–Trinajstić information content (AvgIpc) is 2.83. The van der Waals surface area contributed by atoms with Gasteiger partial charge in [0.05, 0.1) is 12.0 Å². The molecule has 0 N–H and O–H groups in total. The minimum Gasteiger partial charge on any atom is -0.497 e. The molecule has 5 aromatic rings. The van der Waals surface area contributed by atoms with E-state index in [-0.39, 0.29) is 10.3 Å². The van der Waals surface area contributed by atoms with E-state index in [2.05, 4.69) is 0 Å². The smallest absolute Gasteiger partial charge is 0.196 e. The fourth-order valence-corrected chi connectivity index (χ4v) is 5.80. The molecule has 0 amide bonds.